The molecule has 0 saturated heterocycles. The number of imidazole rings is 1. The molecule has 0 bridgehead atoms. The molecule has 18 heavy (non-hydrogen) atoms. The summed E-state index contributed by atoms with van der Waals surface area (Å²) in [5.74, 6) is 0.894. The highest BCUT2D eigenvalue weighted by Crippen LogP contribution is 2.32. The molecule has 0 aromatic carbocycles. The summed E-state index contributed by atoms with van der Waals surface area (Å²) in [4.78, 5) is 4.36. The molecule has 5 nitrogen and oxygen atoms in total. The fourth-order valence-corrected chi connectivity index (χ4v) is 3.66. The molecule has 1 atom stereocenters. The Kier molecular flexibility index (Phi) is 3.77. The average Bonchev–Trinajstić information content (AvgIpc) is 2.78. The van der Waals surface area contributed by atoms with E-state index in [2.05, 4.69) is 21.2 Å². The van der Waals surface area contributed by atoms with Gasteiger partial charge in [-0.2, -0.15) is 0 Å². The van der Waals surface area contributed by atoms with Gasteiger partial charge in [0.2, 0.25) is 0 Å². The monoisotopic (exact) mass is 271 g/mol. The van der Waals surface area contributed by atoms with Crippen molar-refractivity contribution in [2.24, 2.45) is 0 Å². The molecule has 0 spiro atoms. The van der Waals surface area contributed by atoms with Crippen LogP contribution in [0.5, 0.6) is 0 Å². The summed E-state index contributed by atoms with van der Waals surface area (Å²) in [6, 6.07) is 0.400. The molecule has 1 aromatic heterocycles. The average molecular weight is 271 g/mol. The number of rotatable bonds is 4. The van der Waals surface area contributed by atoms with Gasteiger partial charge in [-0.05, 0) is 32.7 Å². The van der Waals surface area contributed by atoms with E-state index in [9.17, 15) is 8.42 Å². The first-order valence-electron chi connectivity index (χ1n) is 6.58. The fourth-order valence-electron chi connectivity index (χ4n) is 2.74. The molecule has 1 aromatic rings. The van der Waals surface area contributed by atoms with Crippen LogP contribution in [0.4, 0.5) is 0 Å². The van der Waals surface area contributed by atoms with Gasteiger partial charge < -0.3 is 4.57 Å². The molecule has 6 heteroatoms. The molecule has 2 rings (SSSR count). The van der Waals surface area contributed by atoms with Gasteiger partial charge in [-0.15, -0.1) is 0 Å². The maximum absolute atomic E-state index is 12.0. The predicted octanol–water partition coefficient (Wildman–Crippen LogP) is 1.64. The molecule has 102 valence electrons. The Bertz CT molecular complexity index is 534. The van der Waals surface area contributed by atoms with Crippen molar-refractivity contribution in [2.45, 2.75) is 57.0 Å². The van der Waals surface area contributed by atoms with E-state index < -0.39 is 10.0 Å². The van der Waals surface area contributed by atoms with Crippen LogP contribution in [0.15, 0.2) is 5.03 Å². The molecule has 0 radical (unpaired) electrons. The fraction of sp³-hybridized carbons (Fsp3) is 0.750. The Hall–Kier alpha value is -0.880. The van der Waals surface area contributed by atoms with Gasteiger partial charge in [0, 0.05) is 12.5 Å². The van der Waals surface area contributed by atoms with Crippen molar-refractivity contribution in [3.63, 3.8) is 0 Å². The minimum atomic E-state index is -3.44. The molecule has 2 heterocycles. The number of hydrogen-bond acceptors (Lipinski definition) is 3. The van der Waals surface area contributed by atoms with Gasteiger partial charge in [0.25, 0.3) is 10.0 Å². The number of sulfonamides is 1. The third-order valence-electron chi connectivity index (χ3n) is 3.67. The Labute approximate surface area is 109 Å². The number of fused-ring (bicyclic) bond motifs is 1. The van der Waals surface area contributed by atoms with Crippen molar-refractivity contribution in [3.05, 3.63) is 11.5 Å². The van der Waals surface area contributed by atoms with Crippen LogP contribution in [0.3, 0.4) is 0 Å². The van der Waals surface area contributed by atoms with Crippen LogP contribution in [0, 0.1) is 0 Å². The smallest absolute Gasteiger partial charge is 0.259 e. The highest BCUT2D eigenvalue weighted by molar-refractivity contribution is 7.89. The molecule has 1 aliphatic heterocycles. The lowest BCUT2D eigenvalue weighted by atomic mass is 10.0. The minimum Gasteiger partial charge on any atom is -0.328 e. The lowest BCUT2D eigenvalue weighted by molar-refractivity contribution is 0.378. The van der Waals surface area contributed by atoms with Gasteiger partial charge in [0.15, 0.2) is 5.03 Å². The summed E-state index contributed by atoms with van der Waals surface area (Å²) in [5.41, 5.74) is 0.888. The van der Waals surface area contributed by atoms with Crippen molar-refractivity contribution in [3.8, 4) is 0 Å². The first-order valence-corrected chi connectivity index (χ1v) is 8.07. The second-order valence-corrected chi connectivity index (χ2v) is 6.47. The van der Waals surface area contributed by atoms with Crippen LogP contribution in [0.25, 0.3) is 0 Å². The Balaban J connectivity index is 2.62. The van der Waals surface area contributed by atoms with Crippen LogP contribution in [0.1, 0.15) is 50.7 Å². The van der Waals surface area contributed by atoms with Crippen molar-refractivity contribution in [1.82, 2.24) is 14.3 Å². The van der Waals surface area contributed by atoms with Crippen LogP contribution >= 0.6 is 0 Å². The molecular formula is C12H21N3O2S. The maximum Gasteiger partial charge on any atom is 0.259 e. The molecule has 1 unspecified atom stereocenters. The Morgan fingerprint density at radius 2 is 2.17 bits per heavy atom. The van der Waals surface area contributed by atoms with Crippen LogP contribution in [-0.4, -0.2) is 25.0 Å². The third-order valence-corrected chi connectivity index (χ3v) is 5.05. The molecule has 1 aliphatic rings. The highest BCUT2D eigenvalue weighted by Gasteiger charge is 2.30. The second-order valence-electron chi connectivity index (χ2n) is 4.67. The molecule has 0 fully saturated rings. The molecule has 0 saturated carbocycles. The Morgan fingerprint density at radius 3 is 2.72 bits per heavy atom. The molecule has 0 aliphatic carbocycles. The number of hydrogen-bond donors (Lipinski definition) is 1. The zero-order valence-electron chi connectivity index (χ0n) is 11.2. The SMILES string of the molecule is CCc1nc(S(=O)(=O)NC)c2n1C(CC)CCC2. The van der Waals surface area contributed by atoms with Crippen molar-refractivity contribution in [1.29, 1.82) is 0 Å². The summed E-state index contributed by atoms with van der Waals surface area (Å²) in [5, 5.41) is 0.236. The second kappa shape index (κ2) is 5.01. The number of aromatic nitrogens is 2. The molecular weight excluding hydrogens is 250 g/mol. The first-order chi connectivity index (χ1) is 8.55. The van der Waals surface area contributed by atoms with Gasteiger partial charge in [0.1, 0.15) is 5.82 Å². The summed E-state index contributed by atoms with van der Waals surface area (Å²) < 4.78 is 28.6. The first kappa shape index (κ1) is 13.5. The zero-order chi connectivity index (χ0) is 13.3. The lowest BCUT2D eigenvalue weighted by Gasteiger charge is -2.26. The predicted molar refractivity (Wildman–Crippen MR) is 70.1 cm³/mol. The van der Waals surface area contributed by atoms with Gasteiger partial charge >= 0.3 is 0 Å². The summed E-state index contributed by atoms with van der Waals surface area (Å²) in [7, 11) is -2.01. The number of aryl methyl sites for hydroxylation is 1. The van der Waals surface area contributed by atoms with Gasteiger partial charge in [0.05, 0.1) is 5.69 Å². The topological polar surface area (TPSA) is 64.0 Å². The van der Waals surface area contributed by atoms with Crippen LogP contribution in [0.2, 0.25) is 0 Å². The van der Waals surface area contributed by atoms with Gasteiger partial charge in [-0.25, -0.2) is 18.1 Å². The third kappa shape index (κ3) is 2.07. The van der Waals surface area contributed by atoms with E-state index >= 15 is 0 Å². The number of nitrogens with one attached hydrogen (secondary N) is 1. The Morgan fingerprint density at radius 1 is 1.44 bits per heavy atom. The zero-order valence-corrected chi connectivity index (χ0v) is 12.0. The molecule has 0 amide bonds. The van der Waals surface area contributed by atoms with Crippen molar-refractivity contribution < 1.29 is 8.42 Å². The van der Waals surface area contributed by atoms with E-state index in [1.165, 1.54) is 7.05 Å². The van der Waals surface area contributed by atoms with E-state index in [0.717, 1.165) is 43.6 Å². The summed E-state index contributed by atoms with van der Waals surface area (Å²) >= 11 is 0. The lowest BCUT2D eigenvalue weighted by Crippen LogP contribution is -2.23. The summed E-state index contributed by atoms with van der Waals surface area (Å²) in [6.45, 7) is 4.16. The minimum absolute atomic E-state index is 0.236. The van der Waals surface area contributed by atoms with Crippen LogP contribution < -0.4 is 4.72 Å². The summed E-state index contributed by atoms with van der Waals surface area (Å²) in [6.07, 6.45) is 4.75. The maximum atomic E-state index is 12.0. The largest absolute Gasteiger partial charge is 0.328 e. The van der Waals surface area contributed by atoms with Gasteiger partial charge in [-0.1, -0.05) is 13.8 Å². The quantitative estimate of drug-likeness (QED) is 0.905. The van der Waals surface area contributed by atoms with E-state index in [1.807, 2.05) is 6.92 Å². The standard InChI is InChI=1S/C12H21N3O2S/c1-4-9-7-6-8-10-12(18(16,17)13-3)14-11(5-2)15(9)10/h9,13H,4-8H2,1-3H3. The van der Waals surface area contributed by atoms with Gasteiger partial charge in [-0.3, -0.25) is 0 Å². The van der Waals surface area contributed by atoms with E-state index in [1.54, 1.807) is 0 Å². The van der Waals surface area contributed by atoms with Crippen LogP contribution in [-0.2, 0) is 22.9 Å². The van der Waals surface area contributed by atoms with Crippen molar-refractivity contribution in [2.75, 3.05) is 7.05 Å². The van der Waals surface area contributed by atoms with Crippen molar-refractivity contribution >= 4 is 10.0 Å². The molecule has 1 N–H and O–H groups in total. The highest BCUT2D eigenvalue weighted by atomic mass is 32.2. The number of nitrogens with zero attached hydrogens (tertiary/aromatic N) is 2. The normalized spacial score (nSPS) is 19.8. The van der Waals surface area contributed by atoms with E-state index in [4.69, 9.17) is 0 Å². The van der Waals surface area contributed by atoms with E-state index in [0.29, 0.717) is 6.04 Å². The van der Waals surface area contributed by atoms with E-state index in [-0.39, 0.29) is 5.03 Å².